The molecular formula is C20H21ClN2O3. The molecule has 0 radical (unpaired) electrons. The minimum absolute atomic E-state index is 0.0560. The van der Waals surface area contributed by atoms with Crippen LogP contribution in [-0.2, 0) is 0 Å². The number of hydrogen-bond donors (Lipinski definition) is 1. The number of nitrogens with zero attached hydrogens (tertiary/aromatic N) is 1. The van der Waals surface area contributed by atoms with Gasteiger partial charge in [0.15, 0.2) is 0 Å². The highest BCUT2D eigenvalue weighted by molar-refractivity contribution is 6.31. The number of para-hydroxylation sites is 1. The van der Waals surface area contributed by atoms with E-state index in [9.17, 15) is 9.59 Å². The van der Waals surface area contributed by atoms with Gasteiger partial charge in [-0.2, -0.15) is 0 Å². The highest BCUT2D eigenvalue weighted by Crippen LogP contribution is 2.27. The van der Waals surface area contributed by atoms with Gasteiger partial charge in [-0.1, -0.05) is 23.7 Å². The van der Waals surface area contributed by atoms with Crippen molar-refractivity contribution in [1.82, 2.24) is 4.90 Å². The Morgan fingerprint density at radius 3 is 2.54 bits per heavy atom. The van der Waals surface area contributed by atoms with E-state index < -0.39 is 0 Å². The summed E-state index contributed by atoms with van der Waals surface area (Å²) in [5, 5.41) is 3.32. The number of methoxy groups -OCH3 is 1. The summed E-state index contributed by atoms with van der Waals surface area (Å²) in [4.78, 5) is 27.5. The summed E-state index contributed by atoms with van der Waals surface area (Å²) in [5.74, 6) is 0.00147. The number of benzene rings is 2. The molecule has 2 amide bonds. The van der Waals surface area contributed by atoms with Crippen LogP contribution in [-0.4, -0.2) is 36.9 Å². The van der Waals surface area contributed by atoms with Gasteiger partial charge in [-0.15, -0.1) is 0 Å². The molecule has 0 atom stereocenters. The highest BCUT2D eigenvalue weighted by atomic mass is 35.5. The maximum atomic E-state index is 12.8. The maximum absolute atomic E-state index is 12.8. The first-order valence-corrected chi connectivity index (χ1v) is 8.93. The van der Waals surface area contributed by atoms with Gasteiger partial charge in [-0.25, -0.2) is 0 Å². The SMILES string of the molecule is COc1ccc(Cl)cc1C(=O)Nc1c(C)cccc1C(=O)N1CCCC1. The Morgan fingerprint density at radius 2 is 1.85 bits per heavy atom. The second-order valence-electron chi connectivity index (χ2n) is 6.30. The molecule has 1 saturated heterocycles. The van der Waals surface area contributed by atoms with Crippen LogP contribution in [0.3, 0.4) is 0 Å². The summed E-state index contributed by atoms with van der Waals surface area (Å²) in [6.45, 7) is 3.37. The molecule has 26 heavy (non-hydrogen) atoms. The first-order valence-electron chi connectivity index (χ1n) is 8.55. The van der Waals surface area contributed by atoms with Gasteiger partial charge in [0, 0.05) is 18.1 Å². The van der Waals surface area contributed by atoms with Crippen molar-refractivity contribution < 1.29 is 14.3 Å². The molecule has 0 aliphatic carbocycles. The average Bonchev–Trinajstić information content (AvgIpc) is 3.17. The lowest BCUT2D eigenvalue weighted by molar-refractivity contribution is 0.0794. The van der Waals surface area contributed by atoms with E-state index in [4.69, 9.17) is 16.3 Å². The number of aryl methyl sites for hydroxylation is 1. The van der Waals surface area contributed by atoms with Crippen LogP contribution in [0.2, 0.25) is 5.02 Å². The van der Waals surface area contributed by atoms with Crippen molar-refractivity contribution in [3.63, 3.8) is 0 Å². The molecule has 3 rings (SSSR count). The second-order valence-corrected chi connectivity index (χ2v) is 6.73. The molecule has 2 aromatic rings. The predicted octanol–water partition coefficient (Wildman–Crippen LogP) is 4.15. The first kappa shape index (κ1) is 18.3. The van der Waals surface area contributed by atoms with Gasteiger partial charge in [0.2, 0.25) is 0 Å². The van der Waals surface area contributed by atoms with E-state index in [1.54, 1.807) is 24.3 Å². The van der Waals surface area contributed by atoms with E-state index in [0.29, 0.717) is 27.6 Å². The van der Waals surface area contributed by atoms with Crippen LogP contribution in [0, 0.1) is 6.92 Å². The summed E-state index contributed by atoms with van der Waals surface area (Å²) >= 11 is 6.02. The van der Waals surface area contributed by atoms with Crippen LogP contribution in [0.25, 0.3) is 0 Å². The summed E-state index contributed by atoms with van der Waals surface area (Å²) in [6, 6.07) is 10.3. The average molecular weight is 373 g/mol. The number of likely N-dealkylation sites (tertiary alicyclic amines) is 1. The molecule has 0 aromatic heterocycles. The van der Waals surface area contributed by atoms with Gasteiger partial charge in [0.25, 0.3) is 11.8 Å². The normalized spacial score (nSPS) is 13.6. The molecule has 1 aliphatic rings. The third-order valence-corrected chi connectivity index (χ3v) is 4.78. The summed E-state index contributed by atoms with van der Waals surface area (Å²) in [6.07, 6.45) is 2.03. The zero-order chi connectivity index (χ0) is 18.7. The molecule has 1 aliphatic heterocycles. The molecule has 0 unspecified atom stereocenters. The fourth-order valence-corrected chi connectivity index (χ4v) is 3.31. The van der Waals surface area contributed by atoms with Gasteiger partial charge in [-0.05, 0) is 49.6 Å². The lowest BCUT2D eigenvalue weighted by Crippen LogP contribution is -2.29. The minimum atomic E-state index is -0.367. The van der Waals surface area contributed by atoms with E-state index in [2.05, 4.69) is 5.32 Å². The van der Waals surface area contributed by atoms with Crippen molar-refractivity contribution in [3.8, 4) is 5.75 Å². The quantitative estimate of drug-likeness (QED) is 0.877. The number of rotatable bonds is 4. The predicted molar refractivity (Wildman–Crippen MR) is 102 cm³/mol. The van der Waals surface area contributed by atoms with Crippen molar-refractivity contribution in [2.75, 3.05) is 25.5 Å². The van der Waals surface area contributed by atoms with Crippen molar-refractivity contribution in [2.24, 2.45) is 0 Å². The number of ether oxygens (including phenoxy) is 1. The number of nitrogens with one attached hydrogen (secondary N) is 1. The number of amides is 2. The molecule has 2 aromatic carbocycles. The number of hydrogen-bond acceptors (Lipinski definition) is 3. The highest BCUT2D eigenvalue weighted by Gasteiger charge is 2.24. The van der Waals surface area contributed by atoms with Gasteiger partial charge in [-0.3, -0.25) is 9.59 Å². The Balaban J connectivity index is 1.93. The molecule has 1 fully saturated rings. The van der Waals surface area contributed by atoms with Gasteiger partial charge in [0.05, 0.1) is 23.9 Å². The summed E-state index contributed by atoms with van der Waals surface area (Å²) < 4.78 is 5.25. The molecule has 6 heteroatoms. The Morgan fingerprint density at radius 1 is 1.12 bits per heavy atom. The molecule has 0 bridgehead atoms. The zero-order valence-electron chi connectivity index (χ0n) is 14.8. The summed E-state index contributed by atoms with van der Waals surface area (Å²) in [5.41, 5.74) is 2.17. The van der Waals surface area contributed by atoms with Crippen molar-refractivity contribution in [2.45, 2.75) is 19.8 Å². The van der Waals surface area contributed by atoms with Gasteiger partial charge < -0.3 is 15.0 Å². The molecule has 0 saturated carbocycles. The van der Waals surface area contributed by atoms with E-state index in [-0.39, 0.29) is 11.8 Å². The number of carbonyl (C=O) groups excluding carboxylic acids is 2. The van der Waals surface area contributed by atoms with E-state index in [0.717, 1.165) is 31.5 Å². The third kappa shape index (κ3) is 3.68. The van der Waals surface area contributed by atoms with E-state index >= 15 is 0 Å². The Kier molecular flexibility index (Phi) is 5.47. The molecule has 1 heterocycles. The van der Waals surface area contributed by atoms with Crippen LogP contribution < -0.4 is 10.1 Å². The summed E-state index contributed by atoms with van der Waals surface area (Å²) in [7, 11) is 1.50. The number of carbonyl (C=O) groups is 2. The fraction of sp³-hybridized carbons (Fsp3) is 0.300. The van der Waals surface area contributed by atoms with Crippen LogP contribution in [0.15, 0.2) is 36.4 Å². The standard InChI is InChI=1S/C20H21ClN2O3/c1-13-6-5-7-15(20(25)23-10-3-4-11-23)18(13)22-19(24)16-12-14(21)8-9-17(16)26-2/h5-9,12H,3-4,10-11H2,1-2H3,(H,22,24). The largest absolute Gasteiger partial charge is 0.496 e. The van der Waals surface area contributed by atoms with Crippen LogP contribution in [0.5, 0.6) is 5.75 Å². The topological polar surface area (TPSA) is 58.6 Å². The van der Waals surface area contributed by atoms with E-state index in [1.165, 1.54) is 7.11 Å². The lowest BCUT2D eigenvalue weighted by Gasteiger charge is -2.19. The zero-order valence-corrected chi connectivity index (χ0v) is 15.6. The lowest BCUT2D eigenvalue weighted by atomic mass is 10.1. The maximum Gasteiger partial charge on any atom is 0.259 e. The van der Waals surface area contributed by atoms with Crippen LogP contribution in [0.1, 0.15) is 39.1 Å². The van der Waals surface area contributed by atoms with Crippen molar-refractivity contribution >= 4 is 29.1 Å². The van der Waals surface area contributed by atoms with Crippen molar-refractivity contribution in [1.29, 1.82) is 0 Å². The Bertz CT molecular complexity index is 845. The van der Waals surface area contributed by atoms with Crippen molar-refractivity contribution in [3.05, 3.63) is 58.1 Å². The Hall–Kier alpha value is -2.53. The van der Waals surface area contributed by atoms with Crippen LogP contribution in [0.4, 0.5) is 5.69 Å². The van der Waals surface area contributed by atoms with Gasteiger partial charge >= 0.3 is 0 Å². The minimum Gasteiger partial charge on any atom is -0.496 e. The molecule has 5 nitrogen and oxygen atoms in total. The number of anilines is 1. The molecule has 0 spiro atoms. The monoisotopic (exact) mass is 372 g/mol. The number of halogens is 1. The second kappa shape index (κ2) is 7.79. The smallest absolute Gasteiger partial charge is 0.259 e. The fourth-order valence-electron chi connectivity index (χ4n) is 3.14. The molecular weight excluding hydrogens is 352 g/mol. The Labute approximate surface area is 157 Å². The molecule has 136 valence electrons. The van der Waals surface area contributed by atoms with E-state index in [1.807, 2.05) is 24.0 Å². The third-order valence-electron chi connectivity index (χ3n) is 4.54. The first-order chi connectivity index (χ1) is 12.5. The van der Waals surface area contributed by atoms with Gasteiger partial charge in [0.1, 0.15) is 5.75 Å². The molecule has 1 N–H and O–H groups in total. The van der Waals surface area contributed by atoms with Crippen LogP contribution >= 0.6 is 11.6 Å².